The van der Waals surface area contributed by atoms with E-state index >= 15 is 0 Å². The van der Waals surface area contributed by atoms with Crippen LogP contribution in [0.5, 0.6) is 0 Å². The molecule has 1 fully saturated rings. The molecule has 0 spiro atoms. The van der Waals surface area contributed by atoms with Gasteiger partial charge in [-0.05, 0) is 55.5 Å². The molecule has 0 unspecified atom stereocenters. The smallest absolute Gasteiger partial charge is 0.242 e. The summed E-state index contributed by atoms with van der Waals surface area (Å²) in [5.41, 5.74) is 2.74. The van der Waals surface area contributed by atoms with Crippen molar-refractivity contribution in [1.82, 2.24) is 0 Å². The topological polar surface area (TPSA) is 49.4 Å². The number of carbonyl (C=O) groups is 2. The summed E-state index contributed by atoms with van der Waals surface area (Å²) in [6.07, 6.45) is 2.03. The third-order valence-corrected chi connectivity index (χ3v) is 5.56. The van der Waals surface area contributed by atoms with Crippen LogP contribution in [0, 0.1) is 12.3 Å². The molecule has 1 aliphatic heterocycles. The van der Waals surface area contributed by atoms with E-state index in [4.69, 9.17) is 11.6 Å². The number of aryl methyl sites for hydroxylation is 1. The van der Waals surface area contributed by atoms with Crippen molar-refractivity contribution in [3.05, 3.63) is 58.6 Å². The Morgan fingerprint density at radius 3 is 2.64 bits per heavy atom. The lowest BCUT2D eigenvalue weighted by Gasteiger charge is -2.23. The molecular formula is C20H19ClN2O2. The fraction of sp³-hybridized carbons (Fsp3) is 0.300. The molecule has 4 nitrogen and oxygen atoms in total. The number of carbonyl (C=O) groups excluding carboxylic acids is 2. The molecule has 1 aliphatic carbocycles. The lowest BCUT2D eigenvalue weighted by atomic mass is 10.0. The fourth-order valence-corrected chi connectivity index (χ4v) is 3.57. The molecule has 4 rings (SSSR count). The summed E-state index contributed by atoms with van der Waals surface area (Å²) in [6, 6.07) is 13.3. The van der Waals surface area contributed by atoms with E-state index in [9.17, 15) is 9.59 Å². The van der Waals surface area contributed by atoms with Gasteiger partial charge in [0.15, 0.2) is 0 Å². The van der Waals surface area contributed by atoms with Gasteiger partial charge in [0.25, 0.3) is 0 Å². The molecular weight excluding hydrogens is 336 g/mol. The van der Waals surface area contributed by atoms with Gasteiger partial charge in [-0.2, -0.15) is 0 Å². The van der Waals surface area contributed by atoms with E-state index in [0.29, 0.717) is 30.1 Å². The van der Waals surface area contributed by atoms with Crippen molar-refractivity contribution in [2.24, 2.45) is 5.41 Å². The molecule has 1 saturated carbocycles. The van der Waals surface area contributed by atoms with Crippen molar-refractivity contribution >= 4 is 34.8 Å². The van der Waals surface area contributed by atoms with Crippen LogP contribution < -0.4 is 10.2 Å². The third-order valence-electron chi connectivity index (χ3n) is 5.16. The highest BCUT2D eigenvalue weighted by molar-refractivity contribution is 6.31. The largest absolute Gasteiger partial charge is 0.325 e. The number of benzene rings is 2. The monoisotopic (exact) mass is 354 g/mol. The van der Waals surface area contributed by atoms with Crippen molar-refractivity contribution in [2.75, 3.05) is 16.8 Å². The number of nitrogens with one attached hydrogen (secondary N) is 1. The van der Waals surface area contributed by atoms with Crippen LogP contribution in [0.25, 0.3) is 0 Å². The fourth-order valence-electron chi connectivity index (χ4n) is 3.39. The molecule has 0 bridgehead atoms. The van der Waals surface area contributed by atoms with Gasteiger partial charge < -0.3 is 10.2 Å². The van der Waals surface area contributed by atoms with Gasteiger partial charge in [-0.25, -0.2) is 0 Å². The second-order valence-corrected chi connectivity index (χ2v) is 7.24. The van der Waals surface area contributed by atoms with E-state index in [1.165, 1.54) is 0 Å². The van der Waals surface area contributed by atoms with Crippen LogP contribution in [0.2, 0.25) is 5.02 Å². The Bertz CT molecular complexity index is 874. The first-order chi connectivity index (χ1) is 12.0. The quantitative estimate of drug-likeness (QED) is 0.848. The summed E-state index contributed by atoms with van der Waals surface area (Å²) in [5, 5.41) is 3.47. The summed E-state index contributed by atoms with van der Waals surface area (Å²) in [4.78, 5) is 27.7. The normalized spacial score (nSPS) is 17.1. The minimum absolute atomic E-state index is 0.0897. The number of rotatable bonds is 3. The zero-order chi connectivity index (χ0) is 17.6. The molecule has 5 heteroatoms. The second kappa shape index (κ2) is 5.88. The number of hydrogen-bond donors (Lipinski definition) is 1. The predicted octanol–water partition coefficient (Wildman–Crippen LogP) is 3.96. The molecule has 0 saturated heterocycles. The molecule has 1 heterocycles. The first-order valence-electron chi connectivity index (χ1n) is 8.49. The van der Waals surface area contributed by atoms with Gasteiger partial charge in [0, 0.05) is 22.9 Å². The van der Waals surface area contributed by atoms with Crippen LogP contribution in [0.3, 0.4) is 0 Å². The Kier molecular flexibility index (Phi) is 3.80. The van der Waals surface area contributed by atoms with E-state index in [1.807, 2.05) is 43.3 Å². The minimum atomic E-state index is -0.936. The van der Waals surface area contributed by atoms with E-state index in [1.54, 1.807) is 11.0 Å². The highest BCUT2D eigenvalue weighted by atomic mass is 35.5. The van der Waals surface area contributed by atoms with Crippen molar-refractivity contribution in [3.63, 3.8) is 0 Å². The standard InChI is InChI=1S/C20H19ClN2O2/c1-13-6-7-15(12-16(13)21)22-18(24)20(9-10-20)19(25)23-11-8-14-4-2-3-5-17(14)23/h2-7,12H,8-11H2,1H3,(H,22,24). The average Bonchev–Trinajstić information content (AvgIpc) is 3.31. The van der Waals surface area contributed by atoms with Crippen LogP contribution in [0.4, 0.5) is 11.4 Å². The molecule has 0 radical (unpaired) electrons. The maximum atomic E-state index is 13.1. The van der Waals surface area contributed by atoms with Crippen LogP contribution in [0.15, 0.2) is 42.5 Å². The van der Waals surface area contributed by atoms with Crippen LogP contribution in [0.1, 0.15) is 24.0 Å². The van der Waals surface area contributed by atoms with E-state index in [2.05, 4.69) is 5.32 Å². The SMILES string of the molecule is Cc1ccc(NC(=O)C2(C(=O)N3CCc4ccccc43)CC2)cc1Cl. The third kappa shape index (κ3) is 2.71. The molecule has 2 aromatic carbocycles. The molecule has 128 valence electrons. The number of nitrogens with zero attached hydrogens (tertiary/aromatic N) is 1. The van der Waals surface area contributed by atoms with Crippen molar-refractivity contribution in [3.8, 4) is 0 Å². The lowest BCUT2D eigenvalue weighted by Crippen LogP contribution is -2.42. The number of halogens is 1. The van der Waals surface area contributed by atoms with E-state index < -0.39 is 5.41 Å². The van der Waals surface area contributed by atoms with Gasteiger partial charge in [-0.1, -0.05) is 35.9 Å². The molecule has 2 aliphatic rings. The molecule has 1 N–H and O–H groups in total. The maximum absolute atomic E-state index is 13.1. The lowest BCUT2D eigenvalue weighted by molar-refractivity contribution is -0.132. The summed E-state index contributed by atoms with van der Waals surface area (Å²) < 4.78 is 0. The van der Waals surface area contributed by atoms with Gasteiger partial charge in [0.1, 0.15) is 5.41 Å². The van der Waals surface area contributed by atoms with Gasteiger partial charge in [-0.3, -0.25) is 9.59 Å². The maximum Gasteiger partial charge on any atom is 0.242 e. The van der Waals surface area contributed by atoms with Gasteiger partial charge in [0.2, 0.25) is 11.8 Å². The molecule has 25 heavy (non-hydrogen) atoms. The number of para-hydroxylation sites is 1. The van der Waals surface area contributed by atoms with Gasteiger partial charge in [-0.15, -0.1) is 0 Å². The molecule has 2 aromatic rings. The van der Waals surface area contributed by atoms with Crippen LogP contribution >= 0.6 is 11.6 Å². The number of anilines is 2. The number of hydrogen-bond acceptors (Lipinski definition) is 2. The van der Waals surface area contributed by atoms with Crippen molar-refractivity contribution in [2.45, 2.75) is 26.2 Å². The van der Waals surface area contributed by atoms with Gasteiger partial charge in [0.05, 0.1) is 0 Å². The zero-order valence-electron chi connectivity index (χ0n) is 14.0. The first kappa shape index (κ1) is 16.2. The summed E-state index contributed by atoms with van der Waals surface area (Å²) in [5.74, 6) is -0.324. The summed E-state index contributed by atoms with van der Waals surface area (Å²) >= 11 is 6.12. The Balaban J connectivity index is 1.54. The predicted molar refractivity (Wildman–Crippen MR) is 99.0 cm³/mol. The second-order valence-electron chi connectivity index (χ2n) is 6.84. The van der Waals surface area contributed by atoms with Crippen LogP contribution in [-0.4, -0.2) is 18.4 Å². The summed E-state index contributed by atoms with van der Waals surface area (Å²) in [6.45, 7) is 2.55. The van der Waals surface area contributed by atoms with Gasteiger partial charge >= 0.3 is 0 Å². The first-order valence-corrected chi connectivity index (χ1v) is 8.86. The van der Waals surface area contributed by atoms with Crippen molar-refractivity contribution < 1.29 is 9.59 Å². The Labute approximate surface area is 151 Å². The Morgan fingerprint density at radius 1 is 1.16 bits per heavy atom. The Hall–Kier alpha value is -2.33. The number of fused-ring (bicyclic) bond motifs is 1. The van der Waals surface area contributed by atoms with E-state index in [-0.39, 0.29) is 11.8 Å². The highest BCUT2D eigenvalue weighted by Gasteiger charge is 2.58. The van der Waals surface area contributed by atoms with Crippen LogP contribution in [-0.2, 0) is 16.0 Å². The highest BCUT2D eigenvalue weighted by Crippen LogP contribution is 2.49. The van der Waals surface area contributed by atoms with Crippen molar-refractivity contribution in [1.29, 1.82) is 0 Å². The molecule has 2 amide bonds. The average molecular weight is 355 g/mol. The summed E-state index contributed by atoms with van der Waals surface area (Å²) in [7, 11) is 0. The Morgan fingerprint density at radius 2 is 1.92 bits per heavy atom. The number of amides is 2. The molecule has 0 aromatic heterocycles. The zero-order valence-corrected chi connectivity index (χ0v) is 14.8. The van der Waals surface area contributed by atoms with E-state index in [0.717, 1.165) is 23.2 Å². The molecule has 0 atom stereocenters. The minimum Gasteiger partial charge on any atom is -0.325 e.